The van der Waals surface area contributed by atoms with Gasteiger partial charge in [-0.05, 0) is 30.7 Å². The number of nitrogens with zero attached hydrogens (tertiary/aromatic N) is 1. The van der Waals surface area contributed by atoms with E-state index in [1.54, 1.807) is 48.5 Å². The van der Waals surface area contributed by atoms with E-state index < -0.39 is 23.7 Å². The molecule has 0 aromatic heterocycles. The second-order valence-corrected chi connectivity index (χ2v) is 7.18. The number of imide groups is 1. The fourth-order valence-electron chi connectivity index (χ4n) is 3.02. The summed E-state index contributed by atoms with van der Waals surface area (Å²) >= 11 is 3.28. The molecule has 0 fully saturated rings. The summed E-state index contributed by atoms with van der Waals surface area (Å²) in [6.45, 7) is -0.0447. The SMILES string of the molecule is O=C(CC(CCN1C(=O)c2ccccc2C1=O)C(=O)O)c1ccc(Br)cc1. The molecule has 0 saturated heterocycles. The standard InChI is InChI=1S/C20H16BrNO5/c21-14-7-5-12(6-8-14)17(23)11-13(20(26)27)9-10-22-18(24)15-3-1-2-4-16(15)19(22)25/h1-8,13H,9-11H2,(H,26,27). The van der Waals surface area contributed by atoms with Crippen LogP contribution in [0.4, 0.5) is 0 Å². The fraction of sp³-hybridized carbons (Fsp3) is 0.200. The lowest BCUT2D eigenvalue weighted by atomic mass is 9.95. The molecule has 0 aliphatic carbocycles. The van der Waals surface area contributed by atoms with E-state index in [9.17, 15) is 24.3 Å². The van der Waals surface area contributed by atoms with E-state index >= 15 is 0 Å². The first-order chi connectivity index (χ1) is 12.9. The normalized spacial score (nSPS) is 14.2. The lowest BCUT2D eigenvalue weighted by Crippen LogP contribution is -2.33. The molecular formula is C20H16BrNO5. The van der Waals surface area contributed by atoms with Gasteiger partial charge in [-0.15, -0.1) is 0 Å². The van der Waals surface area contributed by atoms with Gasteiger partial charge in [0.05, 0.1) is 17.0 Å². The number of Topliss-reactive ketones (excluding diaryl/α,β-unsaturated/α-hetero) is 1. The highest BCUT2D eigenvalue weighted by Gasteiger charge is 2.35. The minimum absolute atomic E-state index is 0.0169. The van der Waals surface area contributed by atoms with Crippen LogP contribution in [0.3, 0.4) is 0 Å². The van der Waals surface area contributed by atoms with Crippen molar-refractivity contribution in [2.75, 3.05) is 6.54 Å². The Kier molecular flexibility index (Phi) is 5.51. The van der Waals surface area contributed by atoms with Gasteiger partial charge in [-0.2, -0.15) is 0 Å². The van der Waals surface area contributed by atoms with Gasteiger partial charge in [-0.3, -0.25) is 24.1 Å². The maximum atomic E-state index is 12.4. The third-order valence-electron chi connectivity index (χ3n) is 4.53. The number of carbonyl (C=O) groups excluding carboxylic acids is 3. The molecule has 27 heavy (non-hydrogen) atoms. The van der Waals surface area contributed by atoms with Crippen molar-refractivity contribution in [2.45, 2.75) is 12.8 Å². The Morgan fingerprint density at radius 2 is 1.52 bits per heavy atom. The Bertz CT molecular complexity index is 887. The van der Waals surface area contributed by atoms with Crippen molar-refractivity contribution < 1.29 is 24.3 Å². The summed E-state index contributed by atoms with van der Waals surface area (Å²) in [6, 6.07) is 13.1. The highest BCUT2D eigenvalue weighted by atomic mass is 79.9. The molecule has 1 N–H and O–H groups in total. The minimum Gasteiger partial charge on any atom is -0.481 e. The van der Waals surface area contributed by atoms with E-state index in [0.29, 0.717) is 16.7 Å². The zero-order valence-electron chi connectivity index (χ0n) is 14.2. The maximum absolute atomic E-state index is 12.4. The molecule has 3 rings (SSSR count). The van der Waals surface area contributed by atoms with Crippen LogP contribution >= 0.6 is 15.9 Å². The number of hydrogen-bond donors (Lipinski definition) is 1. The van der Waals surface area contributed by atoms with E-state index in [-0.39, 0.29) is 25.2 Å². The molecule has 6 nitrogen and oxygen atoms in total. The number of benzene rings is 2. The van der Waals surface area contributed by atoms with Crippen LogP contribution in [0.2, 0.25) is 0 Å². The number of amides is 2. The summed E-state index contributed by atoms with van der Waals surface area (Å²) in [5.41, 5.74) is 1.06. The van der Waals surface area contributed by atoms with E-state index in [1.165, 1.54) is 0 Å². The van der Waals surface area contributed by atoms with Crippen LogP contribution in [0.25, 0.3) is 0 Å². The van der Waals surface area contributed by atoms with Crippen molar-refractivity contribution in [1.29, 1.82) is 0 Å². The van der Waals surface area contributed by atoms with Crippen LogP contribution in [0.5, 0.6) is 0 Å². The molecule has 1 aliphatic rings. The van der Waals surface area contributed by atoms with Crippen LogP contribution in [0.15, 0.2) is 53.0 Å². The zero-order chi connectivity index (χ0) is 19.6. The molecule has 2 aromatic carbocycles. The van der Waals surface area contributed by atoms with E-state index in [2.05, 4.69) is 15.9 Å². The van der Waals surface area contributed by atoms with Crippen LogP contribution in [-0.2, 0) is 4.79 Å². The predicted molar refractivity (Wildman–Crippen MR) is 101 cm³/mol. The lowest BCUT2D eigenvalue weighted by Gasteiger charge is -2.17. The number of fused-ring (bicyclic) bond motifs is 1. The van der Waals surface area contributed by atoms with Crippen LogP contribution < -0.4 is 0 Å². The van der Waals surface area contributed by atoms with Gasteiger partial charge in [0.25, 0.3) is 11.8 Å². The van der Waals surface area contributed by atoms with Gasteiger partial charge in [0, 0.05) is 23.0 Å². The van der Waals surface area contributed by atoms with Crippen molar-refractivity contribution in [3.05, 3.63) is 69.7 Å². The Morgan fingerprint density at radius 3 is 2.04 bits per heavy atom. The molecule has 0 radical (unpaired) electrons. The van der Waals surface area contributed by atoms with Crippen molar-refractivity contribution in [2.24, 2.45) is 5.92 Å². The monoisotopic (exact) mass is 429 g/mol. The Balaban J connectivity index is 1.66. The van der Waals surface area contributed by atoms with E-state index in [0.717, 1.165) is 9.37 Å². The first-order valence-corrected chi connectivity index (χ1v) is 9.14. The second-order valence-electron chi connectivity index (χ2n) is 6.27. The smallest absolute Gasteiger partial charge is 0.307 e. The van der Waals surface area contributed by atoms with Crippen LogP contribution in [0, 0.1) is 5.92 Å². The third kappa shape index (κ3) is 3.98. The van der Waals surface area contributed by atoms with Gasteiger partial charge in [0.2, 0.25) is 0 Å². The minimum atomic E-state index is -1.13. The summed E-state index contributed by atoms with van der Waals surface area (Å²) < 4.78 is 0.819. The van der Waals surface area contributed by atoms with Gasteiger partial charge < -0.3 is 5.11 Å². The van der Waals surface area contributed by atoms with E-state index in [4.69, 9.17) is 0 Å². The summed E-state index contributed by atoms with van der Waals surface area (Å²) in [7, 11) is 0. The topological polar surface area (TPSA) is 91.8 Å². The number of hydrogen-bond acceptors (Lipinski definition) is 4. The van der Waals surface area contributed by atoms with Crippen LogP contribution in [-0.4, -0.2) is 40.1 Å². The van der Waals surface area contributed by atoms with Gasteiger partial charge in [-0.1, -0.05) is 40.2 Å². The summed E-state index contributed by atoms with van der Waals surface area (Å²) in [5.74, 6) is -3.27. The van der Waals surface area contributed by atoms with E-state index in [1.807, 2.05) is 0 Å². The number of halogens is 1. The Hall–Kier alpha value is -2.80. The summed E-state index contributed by atoms with van der Waals surface area (Å²) in [6.07, 6.45) is -0.177. The molecule has 1 unspecified atom stereocenters. The first-order valence-electron chi connectivity index (χ1n) is 8.35. The number of ketones is 1. The molecule has 1 aliphatic heterocycles. The Labute approximate surface area is 163 Å². The molecule has 7 heteroatoms. The second kappa shape index (κ2) is 7.84. The van der Waals surface area contributed by atoms with Gasteiger partial charge in [0.15, 0.2) is 5.78 Å². The fourth-order valence-corrected chi connectivity index (χ4v) is 3.28. The molecule has 2 aromatic rings. The number of carboxylic acid groups (broad SMARTS) is 1. The number of rotatable bonds is 7. The van der Waals surface area contributed by atoms with Crippen molar-refractivity contribution in [3.8, 4) is 0 Å². The molecule has 0 spiro atoms. The molecular weight excluding hydrogens is 414 g/mol. The summed E-state index contributed by atoms with van der Waals surface area (Å²) in [4.78, 5) is 49.7. The molecule has 0 saturated carbocycles. The predicted octanol–water partition coefficient (Wildman–Crippen LogP) is 3.41. The number of carboxylic acids is 1. The zero-order valence-corrected chi connectivity index (χ0v) is 15.8. The highest BCUT2D eigenvalue weighted by molar-refractivity contribution is 9.10. The average molecular weight is 430 g/mol. The number of carbonyl (C=O) groups is 4. The van der Waals surface area contributed by atoms with Crippen molar-refractivity contribution in [3.63, 3.8) is 0 Å². The highest BCUT2D eigenvalue weighted by Crippen LogP contribution is 2.24. The van der Waals surface area contributed by atoms with Gasteiger partial charge >= 0.3 is 5.97 Å². The van der Waals surface area contributed by atoms with Crippen molar-refractivity contribution in [1.82, 2.24) is 4.90 Å². The molecule has 1 atom stereocenters. The molecule has 0 bridgehead atoms. The largest absolute Gasteiger partial charge is 0.481 e. The average Bonchev–Trinajstić information content (AvgIpc) is 2.90. The van der Waals surface area contributed by atoms with Gasteiger partial charge in [0.1, 0.15) is 0 Å². The van der Waals surface area contributed by atoms with Crippen LogP contribution in [0.1, 0.15) is 43.9 Å². The molecule has 2 amide bonds. The summed E-state index contributed by atoms with van der Waals surface area (Å²) in [5, 5.41) is 9.44. The molecule has 1 heterocycles. The van der Waals surface area contributed by atoms with Crippen molar-refractivity contribution >= 4 is 39.5 Å². The quantitative estimate of drug-likeness (QED) is 0.537. The maximum Gasteiger partial charge on any atom is 0.307 e. The third-order valence-corrected chi connectivity index (χ3v) is 5.06. The lowest BCUT2D eigenvalue weighted by molar-refractivity contribution is -0.142. The van der Waals surface area contributed by atoms with Gasteiger partial charge in [-0.25, -0.2) is 0 Å². The first kappa shape index (κ1) is 19.0. The Morgan fingerprint density at radius 1 is 0.963 bits per heavy atom. The molecule has 138 valence electrons. The number of aliphatic carboxylic acids is 1.